The van der Waals surface area contributed by atoms with Crippen LogP contribution in [0.15, 0.2) is 22.3 Å². The third-order valence-corrected chi connectivity index (χ3v) is 2.26. The number of likely N-dealkylation sites (N-methyl/N-ethyl adjacent to an activating group) is 1. The van der Waals surface area contributed by atoms with Crippen LogP contribution in [0.1, 0.15) is 0 Å². The van der Waals surface area contributed by atoms with Gasteiger partial charge in [0.25, 0.3) is 0 Å². The minimum Gasteiger partial charge on any atom is -0.357 e. The summed E-state index contributed by atoms with van der Waals surface area (Å²) < 4.78 is 0.832. The van der Waals surface area contributed by atoms with Crippen molar-refractivity contribution in [2.24, 2.45) is 9.98 Å². The van der Waals surface area contributed by atoms with E-state index in [0.717, 1.165) is 4.62 Å². The second-order valence-electron chi connectivity index (χ2n) is 2.64. The Balaban J connectivity index is 2.26. The molecule has 2 aliphatic rings. The van der Waals surface area contributed by atoms with Crippen LogP contribution in [-0.4, -0.2) is 35.0 Å². The monoisotopic (exact) mass is 213 g/mol. The van der Waals surface area contributed by atoms with Crippen LogP contribution in [-0.2, 0) is 0 Å². The molecule has 4 heteroatoms. The molecule has 0 saturated heterocycles. The molecule has 2 heterocycles. The Kier molecular flexibility index (Phi) is 1.56. The van der Waals surface area contributed by atoms with Gasteiger partial charge in [-0.2, -0.15) is 0 Å². The Morgan fingerprint density at radius 1 is 1.64 bits per heavy atom. The first kappa shape index (κ1) is 7.03. The van der Waals surface area contributed by atoms with Crippen LogP contribution < -0.4 is 0 Å². The predicted molar refractivity (Wildman–Crippen MR) is 49.3 cm³/mol. The molecule has 0 spiro atoms. The Morgan fingerprint density at radius 3 is 3.27 bits per heavy atom. The molecule has 0 saturated carbocycles. The van der Waals surface area contributed by atoms with Crippen LogP contribution in [0.25, 0.3) is 0 Å². The van der Waals surface area contributed by atoms with E-state index in [9.17, 15) is 0 Å². The largest absolute Gasteiger partial charge is 0.357 e. The average Bonchev–Trinajstić information content (AvgIpc) is 2.32. The maximum atomic E-state index is 4.35. The fourth-order valence-electron chi connectivity index (χ4n) is 1.27. The van der Waals surface area contributed by atoms with Crippen molar-refractivity contribution < 1.29 is 0 Å². The minimum absolute atomic E-state index is 0.191. The standard InChI is InChI=1S/C7H8BrN3/c1-11-3-2-5-7(11)9-4-6(8)10-5/h2-5,7H,1H3. The highest BCUT2D eigenvalue weighted by atomic mass is 79.9. The lowest BCUT2D eigenvalue weighted by Gasteiger charge is -2.22. The van der Waals surface area contributed by atoms with Crippen molar-refractivity contribution in [3.05, 3.63) is 12.3 Å². The molecular formula is C7H8BrN3. The van der Waals surface area contributed by atoms with Gasteiger partial charge < -0.3 is 4.90 Å². The molecule has 0 aromatic carbocycles. The summed E-state index contributed by atoms with van der Waals surface area (Å²) in [6, 6.07) is 0.208. The van der Waals surface area contributed by atoms with Gasteiger partial charge in [-0.3, -0.25) is 9.98 Å². The lowest BCUT2D eigenvalue weighted by Crippen LogP contribution is -2.32. The summed E-state index contributed by atoms with van der Waals surface area (Å²) in [6.45, 7) is 0. The zero-order valence-electron chi connectivity index (χ0n) is 6.11. The zero-order chi connectivity index (χ0) is 7.84. The first-order valence-corrected chi connectivity index (χ1v) is 4.23. The van der Waals surface area contributed by atoms with Gasteiger partial charge in [-0.25, -0.2) is 0 Å². The number of hydrogen-bond donors (Lipinski definition) is 0. The van der Waals surface area contributed by atoms with Crippen LogP contribution in [0.5, 0.6) is 0 Å². The Labute approximate surface area is 73.6 Å². The Hall–Kier alpha value is -0.640. The lowest BCUT2D eigenvalue weighted by molar-refractivity contribution is 0.347. The van der Waals surface area contributed by atoms with Gasteiger partial charge in [0.2, 0.25) is 0 Å². The maximum absolute atomic E-state index is 4.35. The summed E-state index contributed by atoms with van der Waals surface area (Å²) in [5.74, 6) is 0. The molecule has 0 bridgehead atoms. The fraction of sp³-hybridized carbons (Fsp3) is 0.429. The van der Waals surface area contributed by atoms with Crippen LogP contribution in [0.4, 0.5) is 0 Å². The molecule has 2 unspecified atom stereocenters. The van der Waals surface area contributed by atoms with E-state index >= 15 is 0 Å². The normalized spacial score (nSPS) is 34.0. The van der Waals surface area contributed by atoms with Crippen molar-refractivity contribution in [3.63, 3.8) is 0 Å². The fourth-order valence-corrected chi connectivity index (χ4v) is 1.62. The lowest BCUT2D eigenvalue weighted by atomic mass is 10.2. The van der Waals surface area contributed by atoms with Crippen LogP contribution in [0.3, 0.4) is 0 Å². The highest BCUT2D eigenvalue weighted by molar-refractivity contribution is 9.19. The van der Waals surface area contributed by atoms with Gasteiger partial charge in [-0.05, 0) is 28.2 Å². The molecule has 11 heavy (non-hydrogen) atoms. The summed E-state index contributed by atoms with van der Waals surface area (Å²) >= 11 is 3.29. The van der Waals surface area contributed by atoms with Crippen molar-refractivity contribution >= 4 is 26.8 Å². The molecule has 0 aromatic heterocycles. The zero-order valence-corrected chi connectivity index (χ0v) is 7.69. The predicted octanol–water partition coefficient (Wildman–Crippen LogP) is 1.02. The molecule has 0 aliphatic carbocycles. The van der Waals surface area contributed by atoms with E-state index in [0.29, 0.717) is 0 Å². The highest BCUT2D eigenvalue weighted by Gasteiger charge is 2.27. The molecule has 2 atom stereocenters. The van der Waals surface area contributed by atoms with Crippen LogP contribution in [0, 0.1) is 0 Å². The van der Waals surface area contributed by atoms with E-state index in [1.54, 1.807) is 6.21 Å². The summed E-state index contributed by atoms with van der Waals surface area (Å²) in [5.41, 5.74) is 0. The van der Waals surface area contributed by atoms with E-state index < -0.39 is 0 Å². The molecular weight excluding hydrogens is 206 g/mol. The van der Waals surface area contributed by atoms with Crippen molar-refractivity contribution in [1.29, 1.82) is 0 Å². The molecule has 0 radical (unpaired) electrons. The van der Waals surface area contributed by atoms with Gasteiger partial charge in [0.05, 0.1) is 6.21 Å². The first-order chi connectivity index (χ1) is 5.27. The molecule has 0 fully saturated rings. The molecule has 3 nitrogen and oxygen atoms in total. The van der Waals surface area contributed by atoms with E-state index in [1.807, 2.05) is 13.2 Å². The van der Waals surface area contributed by atoms with Gasteiger partial charge in [-0.15, -0.1) is 0 Å². The van der Waals surface area contributed by atoms with Crippen molar-refractivity contribution in [3.8, 4) is 0 Å². The molecule has 2 rings (SSSR count). The second-order valence-corrected chi connectivity index (χ2v) is 3.45. The van der Waals surface area contributed by atoms with E-state index in [2.05, 4.69) is 36.9 Å². The summed E-state index contributed by atoms with van der Waals surface area (Å²) in [5, 5.41) is 0. The van der Waals surface area contributed by atoms with Crippen LogP contribution >= 0.6 is 15.9 Å². The number of fused-ring (bicyclic) bond motifs is 1. The summed E-state index contributed by atoms with van der Waals surface area (Å²) in [7, 11) is 2.01. The number of hydrogen-bond acceptors (Lipinski definition) is 3. The van der Waals surface area contributed by atoms with Gasteiger partial charge in [0, 0.05) is 7.05 Å². The van der Waals surface area contributed by atoms with E-state index in [-0.39, 0.29) is 12.2 Å². The van der Waals surface area contributed by atoms with Crippen LogP contribution in [0.2, 0.25) is 0 Å². The quantitative estimate of drug-likeness (QED) is 0.591. The van der Waals surface area contributed by atoms with Crippen molar-refractivity contribution in [2.45, 2.75) is 12.2 Å². The molecule has 0 N–H and O–H groups in total. The summed E-state index contributed by atoms with van der Waals surface area (Å²) in [4.78, 5) is 10.7. The van der Waals surface area contributed by atoms with Crippen molar-refractivity contribution in [1.82, 2.24) is 4.90 Å². The third kappa shape index (κ3) is 1.11. The topological polar surface area (TPSA) is 28.0 Å². The number of aliphatic imine (C=N–C) groups is 2. The first-order valence-electron chi connectivity index (χ1n) is 3.44. The van der Waals surface area contributed by atoms with Gasteiger partial charge >= 0.3 is 0 Å². The SMILES string of the molecule is CN1C=CC2N=C(Br)C=NC21. The smallest absolute Gasteiger partial charge is 0.146 e. The van der Waals surface area contributed by atoms with Gasteiger partial charge in [-0.1, -0.05) is 0 Å². The Bertz CT molecular complexity index is 256. The number of rotatable bonds is 0. The Morgan fingerprint density at radius 2 is 2.45 bits per heavy atom. The van der Waals surface area contributed by atoms with E-state index in [4.69, 9.17) is 0 Å². The van der Waals surface area contributed by atoms with Gasteiger partial charge in [0.1, 0.15) is 16.8 Å². The molecule has 0 amide bonds. The summed E-state index contributed by atoms with van der Waals surface area (Å²) in [6.07, 6.45) is 6.02. The maximum Gasteiger partial charge on any atom is 0.146 e. The molecule has 58 valence electrons. The third-order valence-electron chi connectivity index (χ3n) is 1.85. The second kappa shape index (κ2) is 2.44. The molecule has 2 aliphatic heterocycles. The van der Waals surface area contributed by atoms with Gasteiger partial charge in [0.15, 0.2) is 0 Å². The number of halogens is 1. The average molecular weight is 214 g/mol. The highest BCUT2D eigenvalue weighted by Crippen LogP contribution is 2.20. The van der Waals surface area contributed by atoms with E-state index in [1.165, 1.54) is 0 Å². The van der Waals surface area contributed by atoms with Crippen molar-refractivity contribution in [2.75, 3.05) is 7.05 Å². The minimum atomic E-state index is 0.191. The number of nitrogens with zero attached hydrogens (tertiary/aromatic N) is 3. The molecule has 0 aromatic rings.